The molecule has 2 aromatic carbocycles. The van der Waals surface area contributed by atoms with Crippen LogP contribution in [0.3, 0.4) is 0 Å². The molecule has 2 amide bonds. The summed E-state index contributed by atoms with van der Waals surface area (Å²) in [5.74, 6) is 0.679. The van der Waals surface area contributed by atoms with Crippen molar-refractivity contribution in [3.8, 4) is 17.3 Å². The molecule has 47 heavy (non-hydrogen) atoms. The predicted octanol–water partition coefficient (Wildman–Crippen LogP) is 3.16. The quantitative estimate of drug-likeness (QED) is 0.317. The summed E-state index contributed by atoms with van der Waals surface area (Å²) >= 11 is 0. The van der Waals surface area contributed by atoms with E-state index in [0.29, 0.717) is 43.7 Å². The van der Waals surface area contributed by atoms with Crippen molar-refractivity contribution in [3.05, 3.63) is 95.9 Å². The van der Waals surface area contributed by atoms with Gasteiger partial charge in [0.2, 0.25) is 11.8 Å². The van der Waals surface area contributed by atoms with Gasteiger partial charge in [-0.25, -0.2) is 9.67 Å². The number of aromatic nitrogens is 4. The first-order valence-electron chi connectivity index (χ1n) is 16.1. The van der Waals surface area contributed by atoms with E-state index < -0.39 is 11.9 Å². The molecule has 0 unspecified atom stereocenters. The Hall–Kier alpha value is -4.81. The average molecular weight is 640 g/mol. The molecule has 1 fully saturated rings. The molecule has 12 heteroatoms. The molecule has 4 aromatic rings. The summed E-state index contributed by atoms with van der Waals surface area (Å²) in [4.78, 5) is 36.3. The van der Waals surface area contributed by atoms with Crippen molar-refractivity contribution in [3.63, 3.8) is 0 Å². The molecule has 2 bridgehead atoms. The number of pyridine rings is 1. The predicted molar refractivity (Wildman–Crippen MR) is 174 cm³/mol. The second kappa shape index (κ2) is 15.7. The lowest BCUT2D eigenvalue weighted by atomic mass is 9.95. The zero-order chi connectivity index (χ0) is 32.4. The molecule has 12 nitrogen and oxygen atoms in total. The van der Waals surface area contributed by atoms with Crippen LogP contribution < -0.4 is 14.8 Å². The van der Waals surface area contributed by atoms with Crippen LogP contribution in [0.4, 0.5) is 0 Å². The summed E-state index contributed by atoms with van der Waals surface area (Å²) in [6.07, 6.45) is 5.25. The Morgan fingerprint density at radius 1 is 0.936 bits per heavy atom. The highest BCUT2D eigenvalue weighted by molar-refractivity contribution is 5.99. The van der Waals surface area contributed by atoms with Gasteiger partial charge in [0, 0.05) is 45.3 Å². The third kappa shape index (κ3) is 8.32. The van der Waals surface area contributed by atoms with Gasteiger partial charge in [-0.05, 0) is 48.6 Å². The minimum atomic E-state index is -0.869. The largest absolute Gasteiger partial charge is 0.494 e. The molecule has 0 radical (unpaired) electrons. The van der Waals surface area contributed by atoms with Gasteiger partial charge in [0.05, 0.1) is 32.2 Å². The fraction of sp³-hybridized carbons (Fsp3) is 0.400. The van der Waals surface area contributed by atoms with E-state index in [-0.39, 0.29) is 30.4 Å². The number of nitrogens with zero attached hydrogens (tertiary/aromatic N) is 6. The molecule has 7 rings (SSSR count). The fourth-order valence-corrected chi connectivity index (χ4v) is 6.14. The molecule has 3 aliphatic rings. The highest BCUT2D eigenvalue weighted by Gasteiger charge is 2.32. The van der Waals surface area contributed by atoms with Gasteiger partial charge < -0.3 is 24.4 Å². The topological polar surface area (TPSA) is 124 Å². The molecule has 1 N–H and O–H groups in total. The lowest BCUT2D eigenvalue weighted by Gasteiger charge is -2.36. The molecule has 0 aliphatic carbocycles. The summed E-state index contributed by atoms with van der Waals surface area (Å²) in [6.45, 7) is 4.91. The third-order valence-corrected chi connectivity index (χ3v) is 8.62. The first kappa shape index (κ1) is 32.1. The Kier molecular flexibility index (Phi) is 10.7. The summed E-state index contributed by atoms with van der Waals surface area (Å²) in [5.41, 5.74) is 2.78. The van der Waals surface area contributed by atoms with Crippen LogP contribution in [0.25, 0.3) is 5.69 Å². The second-order valence-corrected chi connectivity index (χ2v) is 11.9. The molecule has 0 spiro atoms. The number of ether oxygens (including phenoxy) is 3. The Balaban J connectivity index is 1.23. The van der Waals surface area contributed by atoms with Crippen LogP contribution in [0, 0.1) is 5.92 Å². The summed E-state index contributed by atoms with van der Waals surface area (Å²) in [5, 5.41) is 11.6. The van der Waals surface area contributed by atoms with Gasteiger partial charge >= 0.3 is 0 Å². The molecule has 5 heterocycles. The smallest absolute Gasteiger partial charge is 0.257 e. The van der Waals surface area contributed by atoms with Crippen LogP contribution in [0.1, 0.15) is 34.5 Å². The summed E-state index contributed by atoms with van der Waals surface area (Å²) in [7, 11) is 1.60. The molecule has 3 aliphatic heterocycles. The number of carbonyl (C=O) groups is 2. The number of hydrogen-bond acceptors (Lipinski definition) is 9. The maximum absolute atomic E-state index is 14.1. The van der Waals surface area contributed by atoms with Crippen molar-refractivity contribution < 1.29 is 23.8 Å². The molecule has 0 saturated carbocycles. The number of rotatable bonds is 6. The Bertz CT molecular complexity index is 1620. The van der Waals surface area contributed by atoms with Crippen molar-refractivity contribution in [2.24, 2.45) is 5.92 Å². The van der Waals surface area contributed by atoms with Gasteiger partial charge in [0.15, 0.2) is 0 Å². The number of benzene rings is 2. The van der Waals surface area contributed by atoms with Gasteiger partial charge in [-0.15, -0.1) is 5.10 Å². The van der Waals surface area contributed by atoms with Crippen molar-refractivity contribution in [2.75, 3.05) is 53.1 Å². The number of amides is 2. The van der Waals surface area contributed by atoms with Crippen LogP contribution in [0.5, 0.6) is 11.6 Å². The number of piperidine rings is 1. The minimum Gasteiger partial charge on any atom is -0.494 e. The lowest BCUT2D eigenvalue weighted by molar-refractivity contribution is -0.134. The van der Waals surface area contributed by atoms with Crippen molar-refractivity contribution in [1.29, 1.82) is 0 Å². The molecule has 1 saturated heterocycles. The highest BCUT2D eigenvalue weighted by atomic mass is 16.5. The van der Waals surface area contributed by atoms with Gasteiger partial charge in [-0.3, -0.25) is 14.5 Å². The monoisotopic (exact) mass is 639 g/mol. The van der Waals surface area contributed by atoms with E-state index in [2.05, 4.69) is 49.8 Å². The summed E-state index contributed by atoms with van der Waals surface area (Å²) in [6, 6.07) is 20.4. The molecule has 1 atom stereocenters. The van der Waals surface area contributed by atoms with Crippen molar-refractivity contribution in [2.45, 2.75) is 31.8 Å². The normalized spacial score (nSPS) is 20.1. The highest BCUT2D eigenvalue weighted by Crippen LogP contribution is 2.23. The SMILES string of the molecule is COc1ccccc1-n1cc(C[C@H]2NC(=O)c3cccnc3OCCOCCN(Cc3ccccc3)CC3CCN(CC3)C2=O)nn1. The second-order valence-electron chi connectivity index (χ2n) is 11.9. The molecule has 2 aromatic heterocycles. The zero-order valence-electron chi connectivity index (χ0n) is 26.7. The van der Waals surface area contributed by atoms with Crippen LogP contribution in [-0.4, -0.2) is 101 Å². The Labute approximate surface area is 274 Å². The average Bonchev–Trinajstić information content (AvgIpc) is 3.58. The van der Waals surface area contributed by atoms with Gasteiger partial charge in [0.25, 0.3) is 5.91 Å². The molecular weight excluding hydrogens is 598 g/mol. The molecule has 246 valence electrons. The van der Waals surface area contributed by atoms with Gasteiger partial charge in [-0.2, -0.15) is 0 Å². The maximum Gasteiger partial charge on any atom is 0.257 e. The van der Waals surface area contributed by atoms with Crippen LogP contribution in [0.15, 0.2) is 79.1 Å². The first-order valence-corrected chi connectivity index (χ1v) is 16.1. The number of para-hydroxylation sites is 2. The zero-order valence-corrected chi connectivity index (χ0v) is 26.7. The Morgan fingerprint density at radius 2 is 1.74 bits per heavy atom. The van der Waals surface area contributed by atoms with E-state index in [1.165, 1.54) is 5.56 Å². The number of hydrogen-bond donors (Lipinski definition) is 1. The first-order chi connectivity index (χ1) is 23.1. The van der Waals surface area contributed by atoms with Gasteiger partial charge in [0.1, 0.15) is 29.6 Å². The van der Waals surface area contributed by atoms with Crippen LogP contribution in [-0.2, 0) is 22.5 Å². The van der Waals surface area contributed by atoms with Crippen molar-refractivity contribution in [1.82, 2.24) is 35.1 Å². The van der Waals surface area contributed by atoms with Crippen molar-refractivity contribution >= 4 is 11.8 Å². The van der Waals surface area contributed by atoms with E-state index in [9.17, 15) is 9.59 Å². The van der Waals surface area contributed by atoms with E-state index in [4.69, 9.17) is 14.2 Å². The van der Waals surface area contributed by atoms with Gasteiger partial charge in [-0.1, -0.05) is 47.7 Å². The number of methoxy groups -OCH3 is 1. The van der Waals surface area contributed by atoms with Crippen LogP contribution >= 0.6 is 0 Å². The summed E-state index contributed by atoms with van der Waals surface area (Å²) < 4.78 is 18.9. The van der Waals surface area contributed by atoms with E-state index in [0.717, 1.165) is 38.2 Å². The third-order valence-electron chi connectivity index (χ3n) is 8.62. The van der Waals surface area contributed by atoms with E-state index >= 15 is 0 Å². The fourth-order valence-electron chi connectivity index (χ4n) is 6.14. The minimum absolute atomic E-state index is 0.148. The van der Waals surface area contributed by atoms with E-state index in [1.54, 1.807) is 36.3 Å². The number of fused-ring (bicyclic) bond motifs is 12. The standard InChI is InChI=1S/C35H41N7O5/c1-45-32-12-6-5-11-31(32)42-25-28(38-39-42)22-30-35(44)41-16-13-27(14-17-41)24-40(23-26-8-3-2-4-9-26)18-19-46-20-21-47-34-29(33(43)37-30)10-7-15-36-34/h2-12,15,25,27,30H,13-14,16-24H2,1H3,(H,37,43)/t30-/m1/s1. The number of nitrogens with one attached hydrogen (secondary N) is 1. The maximum atomic E-state index is 14.1. The number of carbonyl (C=O) groups excluding carboxylic acids is 2. The molecular formula is C35H41N7O5. The lowest BCUT2D eigenvalue weighted by Crippen LogP contribution is -2.52. The van der Waals surface area contributed by atoms with Crippen LogP contribution in [0.2, 0.25) is 0 Å². The van der Waals surface area contributed by atoms with E-state index in [1.807, 2.05) is 35.2 Å². The Morgan fingerprint density at radius 3 is 2.57 bits per heavy atom.